The van der Waals surface area contributed by atoms with E-state index in [1.165, 1.54) is 52.0 Å². The molecule has 10 nitrogen and oxygen atoms in total. The smallest absolute Gasteiger partial charge is 0.416 e. The second-order valence-corrected chi connectivity index (χ2v) is 9.60. The minimum Gasteiger partial charge on any atom is -0.504 e. The van der Waals surface area contributed by atoms with Crippen molar-refractivity contribution in [2.45, 2.75) is 12.7 Å². The number of phenolic OH excluding ortho intramolecular Hbond substituents is 2. The third-order valence-electron chi connectivity index (χ3n) is 6.87. The first kappa shape index (κ1) is 26.6. The minimum atomic E-state index is -4.58. The maximum atomic E-state index is 13.7. The lowest BCUT2D eigenvalue weighted by Gasteiger charge is -2.09. The summed E-state index contributed by atoms with van der Waals surface area (Å²) in [6, 6.07) is 15.0. The summed E-state index contributed by atoms with van der Waals surface area (Å²) >= 11 is 0. The molecule has 1 amide bonds. The molecular weight excluding hydrogens is 553 g/mol. The quantitative estimate of drug-likeness (QED) is 0.222. The highest BCUT2D eigenvalue weighted by Crippen LogP contribution is 2.35. The number of amides is 1. The first-order valence-electron chi connectivity index (χ1n) is 12.5. The number of carbonyl (C=O) groups is 1. The lowest BCUT2D eigenvalue weighted by atomic mass is 10.0. The Labute approximate surface area is 234 Å². The fourth-order valence-electron chi connectivity index (χ4n) is 4.71. The number of carbonyl (C=O) groups excluding carboxylic acids is 1. The zero-order chi connectivity index (χ0) is 29.8. The van der Waals surface area contributed by atoms with Gasteiger partial charge in [0.2, 0.25) is 0 Å². The molecule has 0 saturated heterocycles. The van der Waals surface area contributed by atoms with Crippen molar-refractivity contribution in [2.24, 2.45) is 7.05 Å². The molecule has 0 bridgehead atoms. The van der Waals surface area contributed by atoms with Gasteiger partial charge in [-0.3, -0.25) is 19.4 Å². The molecule has 3 heterocycles. The highest BCUT2D eigenvalue weighted by molar-refractivity contribution is 6.07. The molecule has 212 valence electrons. The molecule has 42 heavy (non-hydrogen) atoms. The molecule has 0 fully saturated rings. The van der Waals surface area contributed by atoms with Crippen LogP contribution in [0.25, 0.3) is 38.9 Å². The number of H-pyrrole nitrogens is 1. The van der Waals surface area contributed by atoms with Crippen molar-refractivity contribution in [3.8, 4) is 28.4 Å². The third kappa shape index (κ3) is 4.60. The van der Waals surface area contributed by atoms with Gasteiger partial charge in [0, 0.05) is 24.7 Å². The Morgan fingerprint density at radius 3 is 2.50 bits per heavy atom. The number of phenols is 2. The number of nitrogens with one attached hydrogen (secondary N) is 2. The first-order chi connectivity index (χ1) is 20.0. The van der Waals surface area contributed by atoms with E-state index in [9.17, 15) is 33.0 Å². The summed E-state index contributed by atoms with van der Waals surface area (Å²) in [4.78, 5) is 30.9. The van der Waals surface area contributed by atoms with Gasteiger partial charge in [0.15, 0.2) is 17.1 Å². The predicted octanol–water partition coefficient (Wildman–Crippen LogP) is 4.63. The van der Waals surface area contributed by atoms with Crippen LogP contribution < -0.4 is 10.9 Å². The minimum absolute atomic E-state index is 0.0727. The van der Waals surface area contributed by atoms with Crippen molar-refractivity contribution in [1.29, 1.82) is 0 Å². The van der Waals surface area contributed by atoms with Crippen molar-refractivity contribution in [2.75, 3.05) is 0 Å². The number of aromatic hydroxyl groups is 2. The number of hydrogen-bond acceptors (Lipinski definition) is 6. The van der Waals surface area contributed by atoms with Crippen LogP contribution in [0.3, 0.4) is 0 Å². The van der Waals surface area contributed by atoms with Crippen LogP contribution >= 0.6 is 0 Å². The van der Waals surface area contributed by atoms with Gasteiger partial charge in [-0.25, -0.2) is 9.67 Å². The van der Waals surface area contributed by atoms with Crippen molar-refractivity contribution >= 4 is 27.8 Å². The van der Waals surface area contributed by atoms with E-state index in [4.69, 9.17) is 0 Å². The van der Waals surface area contributed by atoms with Crippen molar-refractivity contribution in [3.63, 3.8) is 0 Å². The molecule has 6 rings (SSSR count). The molecule has 0 saturated carbocycles. The average molecular weight is 575 g/mol. The lowest BCUT2D eigenvalue weighted by Crippen LogP contribution is -2.23. The number of pyridine rings is 1. The molecule has 0 aliphatic heterocycles. The summed E-state index contributed by atoms with van der Waals surface area (Å²) < 4.78 is 43.1. The van der Waals surface area contributed by atoms with E-state index in [1.807, 2.05) is 0 Å². The number of aryl methyl sites for hydroxylation is 1. The Morgan fingerprint density at radius 1 is 1.02 bits per heavy atom. The van der Waals surface area contributed by atoms with Gasteiger partial charge < -0.3 is 15.5 Å². The Hall–Kier alpha value is -5.59. The van der Waals surface area contributed by atoms with Gasteiger partial charge in [-0.2, -0.15) is 18.3 Å². The van der Waals surface area contributed by atoms with Crippen LogP contribution in [0.5, 0.6) is 11.5 Å². The van der Waals surface area contributed by atoms with Gasteiger partial charge in [0.25, 0.3) is 11.5 Å². The first-order valence-corrected chi connectivity index (χ1v) is 12.5. The average Bonchev–Trinajstić information content (AvgIpc) is 3.52. The van der Waals surface area contributed by atoms with E-state index in [0.29, 0.717) is 33.4 Å². The normalized spacial score (nSPS) is 11.8. The van der Waals surface area contributed by atoms with Crippen molar-refractivity contribution in [3.05, 3.63) is 100.0 Å². The monoisotopic (exact) mass is 574 g/mol. The highest BCUT2D eigenvalue weighted by atomic mass is 19.4. The maximum Gasteiger partial charge on any atom is 0.416 e. The van der Waals surface area contributed by atoms with Crippen LogP contribution in [0, 0.1) is 0 Å². The van der Waals surface area contributed by atoms with Crippen LogP contribution in [0.1, 0.15) is 21.5 Å². The zero-order valence-corrected chi connectivity index (χ0v) is 21.8. The molecule has 0 aliphatic carbocycles. The summed E-state index contributed by atoms with van der Waals surface area (Å²) in [5, 5.41) is 29.6. The number of benzene rings is 3. The fraction of sp³-hybridized carbons (Fsp3) is 0.103. The molecule has 0 atom stereocenters. The number of alkyl halides is 3. The predicted molar refractivity (Wildman–Crippen MR) is 147 cm³/mol. The molecular formula is C29H21F3N6O4. The third-order valence-corrected chi connectivity index (χ3v) is 6.87. The van der Waals surface area contributed by atoms with Gasteiger partial charge in [0.05, 0.1) is 39.4 Å². The molecule has 3 aromatic heterocycles. The molecule has 0 spiro atoms. The summed E-state index contributed by atoms with van der Waals surface area (Å²) in [7, 11) is 1.64. The van der Waals surface area contributed by atoms with E-state index < -0.39 is 23.2 Å². The Balaban J connectivity index is 1.38. The van der Waals surface area contributed by atoms with Gasteiger partial charge in [-0.15, -0.1) is 0 Å². The number of fused-ring (bicyclic) bond motifs is 3. The molecule has 13 heteroatoms. The standard InChI is InChI=1S/C29H21F3N6O4/c1-37-26-20(14-34-37)25-23(24(35-26)17-3-2-4-18(12-17)29(30,31)32)28(42)38(36-25)19-8-6-16(7-9-19)27(41)33-13-15-5-10-21(39)22(40)11-15/h2-12,14,36,39-40H,13H2,1H3,(H,33,41). The maximum absolute atomic E-state index is 13.7. The van der Waals surface area contributed by atoms with Crippen LogP contribution in [-0.2, 0) is 19.8 Å². The topological polar surface area (TPSA) is 138 Å². The Morgan fingerprint density at radius 2 is 1.79 bits per heavy atom. The van der Waals surface area contributed by atoms with Crippen LogP contribution in [0.15, 0.2) is 77.7 Å². The second-order valence-electron chi connectivity index (χ2n) is 9.60. The number of rotatable bonds is 5. The number of nitrogens with zero attached hydrogens (tertiary/aromatic N) is 4. The number of aromatic nitrogens is 5. The van der Waals surface area contributed by atoms with E-state index in [2.05, 4.69) is 20.5 Å². The molecule has 6 aromatic rings. The van der Waals surface area contributed by atoms with Crippen LogP contribution in [0.4, 0.5) is 13.2 Å². The summed E-state index contributed by atoms with van der Waals surface area (Å²) in [5.41, 5.74) is 0.759. The number of aromatic amines is 1. The zero-order valence-electron chi connectivity index (χ0n) is 21.8. The van der Waals surface area contributed by atoms with E-state index in [1.54, 1.807) is 25.2 Å². The fourth-order valence-corrected chi connectivity index (χ4v) is 4.71. The Kier molecular flexibility index (Phi) is 6.21. The summed E-state index contributed by atoms with van der Waals surface area (Å²) in [5.74, 6) is -0.981. The van der Waals surface area contributed by atoms with E-state index in [-0.39, 0.29) is 34.7 Å². The lowest BCUT2D eigenvalue weighted by molar-refractivity contribution is -0.137. The number of hydrogen-bond donors (Lipinski definition) is 4. The van der Waals surface area contributed by atoms with E-state index in [0.717, 1.165) is 12.1 Å². The molecule has 4 N–H and O–H groups in total. The van der Waals surface area contributed by atoms with E-state index >= 15 is 0 Å². The SMILES string of the molecule is Cn1ncc2c3[nH]n(-c4ccc(C(=O)NCc5ccc(O)c(O)c5)cc4)c(=O)c3c(-c3cccc(C(F)(F)F)c3)nc21. The molecule has 0 radical (unpaired) electrons. The largest absolute Gasteiger partial charge is 0.504 e. The van der Waals surface area contributed by atoms with Crippen LogP contribution in [-0.4, -0.2) is 40.7 Å². The van der Waals surface area contributed by atoms with Gasteiger partial charge in [-0.05, 0) is 54.1 Å². The summed E-state index contributed by atoms with van der Waals surface area (Å²) in [6.45, 7) is 0.0995. The van der Waals surface area contributed by atoms with Crippen LogP contribution in [0.2, 0.25) is 0 Å². The summed E-state index contributed by atoms with van der Waals surface area (Å²) in [6.07, 6.45) is -3.06. The van der Waals surface area contributed by atoms with Crippen molar-refractivity contribution in [1.82, 2.24) is 29.9 Å². The molecule has 0 unspecified atom stereocenters. The van der Waals surface area contributed by atoms with Crippen molar-refractivity contribution < 1.29 is 28.2 Å². The number of halogens is 3. The second kappa shape index (κ2) is 9.80. The molecule has 3 aromatic carbocycles. The van der Waals surface area contributed by atoms with Gasteiger partial charge >= 0.3 is 6.18 Å². The highest BCUT2D eigenvalue weighted by Gasteiger charge is 2.31. The van der Waals surface area contributed by atoms with Gasteiger partial charge in [-0.1, -0.05) is 18.2 Å². The molecule has 0 aliphatic rings. The van der Waals surface area contributed by atoms with Gasteiger partial charge in [0.1, 0.15) is 0 Å². The Bertz CT molecular complexity index is 2060.